The Morgan fingerprint density at radius 2 is 1.50 bits per heavy atom. The minimum Gasteiger partial charge on any atom is -0.368 e. The van der Waals surface area contributed by atoms with Crippen molar-refractivity contribution in [1.82, 2.24) is 4.90 Å². The van der Waals surface area contributed by atoms with E-state index in [0.717, 1.165) is 53.2 Å². The molecule has 0 radical (unpaired) electrons. The molecule has 0 unspecified atom stereocenters. The van der Waals surface area contributed by atoms with E-state index in [0.29, 0.717) is 4.91 Å². The number of amides is 1. The second-order valence-corrected chi connectivity index (χ2v) is 9.20. The van der Waals surface area contributed by atoms with Gasteiger partial charge in [-0.25, -0.2) is 0 Å². The summed E-state index contributed by atoms with van der Waals surface area (Å²) in [5, 5.41) is 1.55. The minimum atomic E-state index is -0.158. The molecule has 0 spiro atoms. The van der Waals surface area contributed by atoms with Crippen molar-refractivity contribution in [3.63, 3.8) is 0 Å². The number of benzene rings is 3. The third-order valence-electron chi connectivity index (χ3n) is 5.65. The van der Waals surface area contributed by atoms with Crippen molar-refractivity contribution in [2.75, 3.05) is 31.1 Å². The molecule has 0 aromatic heterocycles. The van der Waals surface area contributed by atoms with Crippen LogP contribution in [0.3, 0.4) is 0 Å². The van der Waals surface area contributed by atoms with E-state index >= 15 is 0 Å². The van der Waals surface area contributed by atoms with E-state index in [1.54, 1.807) is 0 Å². The fourth-order valence-corrected chi connectivity index (χ4v) is 5.07. The number of rotatable bonds is 3. The Labute approximate surface area is 197 Å². The van der Waals surface area contributed by atoms with E-state index in [9.17, 15) is 4.79 Å². The third kappa shape index (κ3) is 4.59. The molecule has 2 aliphatic rings. The van der Waals surface area contributed by atoms with E-state index in [1.807, 2.05) is 54.6 Å². The normalized spacial score (nSPS) is 17.7. The van der Waals surface area contributed by atoms with Gasteiger partial charge in [-0.3, -0.25) is 4.79 Å². The standard InChI is InChI=1S/C26H22ClN3OS/c27-22-7-4-8-23(18-22)29-13-15-30(16-14-29)26-28-25(31)24(32-26)17-19-9-11-21(12-10-19)20-5-2-1-3-6-20/h1-12,17-18H,13-16H2/b24-17-. The highest BCUT2D eigenvalue weighted by Crippen LogP contribution is 2.32. The van der Waals surface area contributed by atoms with Crippen molar-refractivity contribution in [2.24, 2.45) is 4.99 Å². The highest BCUT2D eigenvalue weighted by Gasteiger charge is 2.28. The van der Waals surface area contributed by atoms with Gasteiger partial charge in [0.2, 0.25) is 0 Å². The molecule has 1 saturated heterocycles. The SMILES string of the molecule is O=C1N=C(N2CCN(c3cccc(Cl)c3)CC2)S/C1=C\c1ccc(-c2ccccc2)cc1. The first-order chi connectivity index (χ1) is 15.7. The number of halogens is 1. The average Bonchev–Trinajstić information content (AvgIpc) is 3.20. The number of carbonyl (C=O) groups excluding carboxylic acids is 1. The molecule has 1 amide bonds. The van der Waals surface area contributed by atoms with Gasteiger partial charge in [-0.2, -0.15) is 4.99 Å². The zero-order valence-corrected chi connectivity index (χ0v) is 19.0. The van der Waals surface area contributed by atoms with Crippen molar-refractivity contribution < 1.29 is 4.79 Å². The summed E-state index contributed by atoms with van der Waals surface area (Å²) in [7, 11) is 0. The Hall–Kier alpha value is -3.02. The Morgan fingerprint density at radius 1 is 0.812 bits per heavy atom. The maximum absolute atomic E-state index is 12.5. The van der Waals surface area contributed by atoms with Crippen LogP contribution in [0.4, 0.5) is 5.69 Å². The summed E-state index contributed by atoms with van der Waals surface area (Å²) in [5.41, 5.74) is 4.48. The lowest BCUT2D eigenvalue weighted by Crippen LogP contribution is -2.47. The first kappa shape index (κ1) is 20.9. The average molecular weight is 460 g/mol. The molecule has 0 aliphatic carbocycles. The maximum Gasteiger partial charge on any atom is 0.286 e. The van der Waals surface area contributed by atoms with Crippen LogP contribution in [-0.4, -0.2) is 42.2 Å². The molecule has 0 saturated carbocycles. The summed E-state index contributed by atoms with van der Waals surface area (Å²) >= 11 is 7.60. The molecule has 0 atom stereocenters. The van der Waals surface area contributed by atoms with Crippen LogP contribution in [0.2, 0.25) is 5.02 Å². The van der Waals surface area contributed by atoms with Gasteiger partial charge < -0.3 is 9.80 Å². The van der Waals surface area contributed by atoms with Crippen LogP contribution in [-0.2, 0) is 4.79 Å². The number of aliphatic imine (C=N–C) groups is 1. The molecule has 0 N–H and O–H groups in total. The molecule has 2 aliphatic heterocycles. The number of thioether (sulfide) groups is 1. The number of anilines is 1. The van der Waals surface area contributed by atoms with Crippen molar-refractivity contribution in [1.29, 1.82) is 0 Å². The Balaban J connectivity index is 1.22. The summed E-state index contributed by atoms with van der Waals surface area (Å²) < 4.78 is 0. The zero-order chi connectivity index (χ0) is 21.9. The summed E-state index contributed by atoms with van der Waals surface area (Å²) in [6.07, 6.45) is 1.93. The molecule has 5 rings (SSSR count). The van der Waals surface area contributed by atoms with Gasteiger partial charge in [0.05, 0.1) is 4.91 Å². The molecular weight excluding hydrogens is 438 g/mol. The predicted octanol–water partition coefficient (Wildman–Crippen LogP) is 5.80. The number of carbonyl (C=O) groups is 1. The van der Waals surface area contributed by atoms with Crippen LogP contribution in [0.1, 0.15) is 5.56 Å². The second-order valence-electron chi connectivity index (χ2n) is 7.75. The topological polar surface area (TPSA) is 35.9 Å². The largest absolute Gasteiger partial charge is 0.368 e. The molecule has 160 valence electrons. The highest BCUT2D eigenvalue weighted by molar-refractivity contribution is 8.18. The van der Waals surface area contributed by atoms with Crippen LogP contribution in [0.5, 0.6) is 0 Å². The summed E-state index contributed by atoms with van der Waals surface area (Å²) in [5.74, 6) is -0.158. The van der Waals surface area contributed by atoms with Gasteiger partial charge >= 0.3 is 0 Å². The Morgan fingerprint density at radius 3 is 2.22 bits per heavy atom. The second kappa shape index (κ2) is 9.23. The van der Waals surface area contributed by atoms with Crippen molar-refractivity contribution >= 4 is 46.2 Å². The quantitative estimate of drug-likeness (QED) is 0.464. The summed E-state index contributed by atoms with van der Waals surface area (Å²) in [6, 6.07) is 26.5. The van der Waals surface area contributed by atoms with Crippen LogP contribution >= 0.6 is 23.4 Å². The van der Waals surface area contributed by atoms with E-state index in [1.165, 1.54) is 17.3 Å². The van der Waals surface area contributed by atoms with E-state index in [-0.39, 0.29) is 5.91 Å². The third-order valence-corrected chi connectivity index (χ3v) is 6.93. The number of amidine groups is 1. The molecular formula is C26H22ClN3OS. The van der Waals surface area contributed by atoms with Crippen molar-refractivity contribution in [2.45, 2.75) is 0 Å². The van der Waals surface area contributed by atoms with Crippen LogP contribution < -0.4 is 4.90 Å². The smallest absolute Gasteiger partial charge is 0.286 e. The lowest BCUT2D eigenvalue weighted by molar-refractivity contribution is -0.113. The molecule has 32 heavy (non-hydrogen) atoms. The van der Waals surface area contributed by atoms with Gasteiger partial charge in [-0.1, -0.05) is 72.3 Å². The lowest BCUT2D eigenvalue weighted by Gasteiger charge is -2.36. The molecule has 4 nitrogen and oxygen atoms in total. The van der Waals surface area contributed by atoms with Crippen LogP contribution in [0.25, 0.3) is 17.2 Å². The van der Waals surface area contributed by atoms with Gasteiger partial charge in [0.25, 0.3) is 5.91 Å². The lowest BCUT2D eigenvalue weighted by atomic mass is 10.0. The fraction of sp³-hybridized carbons (Fsp3) is 0.154. The number of piperazine rings is 1. The summed E-state index contributed by atoms with van der Waals surface area (Å²) in [6.45, 7) is 3.39. The molecule has 0 bridgehead atoms. The highest BCUT2D eigenvalue weighted by atomic mass is 35.5. The molecule has 2 heterocycles. The van der Waals surface area contributed by atoms with Gasteiger partial charge in [0.15, 0.2) is 5.17 Å². The first-order valence-corrected chi connectivity index (χ1v) is 11.8. The summed E-state index contributed by atoms with van der Waals surface area (Å²) in [4.78, 5) is 22.0. The van der Waals surface area contributed by atoms with E-state index in [4.69, 9.17) is 11.6 Å². The zero-order valence-electron chi connectivity index (χ0n) is 17.4. The van der Waals surface area contributed by atoms with E-state index < -0.39 is 0 Å². The molecule has 3 aromatic carbocycles. The van der Waals surface area contributed by atoms with Gasteiger partial charge in [0.1, 0.15) is 0 Å². The van der Waals surface area contributed by atoms with Gasteiger partial charge in [-0.05, 0) is 52.7 Å². The maximum atomic E-state index is 12.5. The van der Waals surface area contributed by atoms with Crippen LogP contribution in [0.15, 0.2) is 88.8 Å². The number of hydrogen-bond acceptors (Lipinski definition) is 4. The first-order valence-electron chi connectivity index (χ1n) is 10.6. The monoisotopic (exact) mass is 459 g/mol. The van der Waals surface area contributed by atoms with Gasteiger partial charge in [0, 0.05) is 36.9 Å². The van der Waals surface area contributed by atoms with Crippen molar-refractivity contribution in [3.05, 3.63) is 94.4 Å². The fourth-order valence-electron chi connectivity index (χ4n) is 3.92. The van der Waals surface area contributed by atoms with Crippen molar-refractivity contribution in [3.8, 4) is 11.1 Å². The van der Waals surface area contributed by atoms with Gasteiger partial charge in [-0.15, -0.1) is 0 Å². The predicted molar refractivity (Wildman–Crippen MR) is 135 cm³/mol. The Kier molecular flexibility index (Phi) is 6.02. The Bertz CT molecular complexity index is 1180. The number of nitrogens with zero attached hydrogens (tertiary/aromatic N) is 3. The molecule has 1 fully saturated rings. The molecule has 6 heteroatoms. The van der Waals surface area contributed by atoms with E-state index in [2.05, 4.69) is 45.1 Å². The molecule has 3 aromatic rings. The number of hydrogen-bond donors (Lipinski definition) is 0. The minimum absolute atomic E-state index is 0.158. The van der Waals surface area contributed by atoms with Crippen LogP contribution in [0, 0.1) is 0 Å².